The number of rotatable bonds is 5. The topological polar surface area (TPSA) is 43.6 Å². The van der Waals surface area contributed by atoms with Crippen LogP contribution in [0.2, 0.25) is 0 Å². The van der Waals surface area contributed by atoms with E-state index in [1.807, 2.05) is 18.2 Å². The number of benzene rings is 9. The maximum absolute atomic E-state index is 5.17. The third-order valence-electron chi connectivity index (χ3n) is 13.9. The summed E-state index contributed by atoms with van der Waals surface area (Å²) in [7, 11) is 0. The number of fused-ring (bicyclic) bond motifs is 10. The molecule has 0 atom stereocenters. The van der Waals surface area contributed by atoms with Gasteiger partial charge in [-0.25, -0.2) is 15.0 Å². The van der Waals surface area contributed by atoms with E-state index in [0.29, 0.717) is 17.5 Å². The fourth-order valence-corrected chi connectivity index (χ4v) is 10.4. The zero-order valence-electron chi connectivity index (χ0n) is 36.0. The molecule has 4 nitrogen and oxygen atoms in total. The Balaban J connectivity index is 1.04. The molecule has 0 spiro atoms. The van der Waals surface area contributed by atoms with Crippen LogP contribution in [0, 0.1) is 0 Å². The van der Waals surface area contributed by atoms with Gasteiger partial charge in [-0.1, -0.05) is 173 Å². The molecule has 0 bridgehead atoms. The summed E-state index contributed by atoms with van der Waals surface area (Å²) in [4.78, 5) is 15.3. The fraction of sp³-hybridized carbons (Fsp3) is 0.136. The van der Waals surface area contributed by atoms with Crippen LogP contribution >= 0.6 is 0 Å². The Morgan fingerprint density at radius 3 is 1.52 bits per heavy atom. The van der Waals surface area contributed by atoms with Crippen molar-refractivity contribution in [2.24, 2.45) is 0 Å². The molecule has 4 heteroatoms. The fourth-order valence-electron chi connectivity index (χ4n) is 10.4. The molecule has 0 radical (unpaired) electrons. The molecule has 9 aromatic carbocycles. The van der Waals surface area contributed by atoms with Crippen molar-refractivity contribution in [1.29, 1.82) is 0 Å². The number of aromatic nitrogens is 4. The molecule has 0 saturated carbocycles. The summed E-state index contributed by atoms with van der Waals surface area (Å²) in [5.74, 6) is 1.93. The van der Waals surface area contributed by atoms with Crippen LogP contribution in [0.3, 0.4) is 0 Å². The van der Waals surface area contributed by atoms with Gasteiger partial charge in [-0.2, -0.15) is 0 Å². The van der Waals surface area contributed by atoms with Gasteiger partial charge < -0.3 is 4.57 Å². The molecule has 1 aliphatic carbocycles. The molecule has 0 unspecified atom stereocenters. The third-order valence-corrected chi connectivity index (χ3v) is 13.9. The van der Waals surface area contributed by atoms with Crippen LogP contribution in [0.4, 0.5) is 0 Å². The van der Waals surface area contributed by atoms with Crippen LogP contribution in [0.5, 0.6) is 0 Å². The van der Waals surface area contributed by atoms with Gasteiger partial charge in [0, 0.05) is 38.5 Å². The van der Waals surface area contributed by atoms with Crippen LogP contribution in [0.15, 0.2) is 182 Å². The first kappa shape index (κ1) is 37.3. The predicted octanol–water partition coefficient (Wildman–Crippen LogP) is 15.4. The number of hydrogen-bond donors (Lipinski definition) is 0. The second kappa shape index (κ2) is 14.1. The first-order valence-electron chi connectivity index (χ1n) is 22.2. The zero-order chi connectivity index (χ0) is 42.5. The highest BCUT2D eigenvalue weighted by Crippen LogP contribution is 2.50. The van der Waals surface area contributed by atoms with Gasteiger partial charge in [0.15, 0.2) is 17.5 Å². The third kappa shape index (κ3) is 6.00. The standard InChI is InChI=1S/C59H46N4/c1-58(2)33-34-59(3,4)51-36-52-49(35-50(51)58)53-47-22-12-10-20-45(47)46-21-11-13-23-48(46)54(53)63(52)42-31-29-41(30-32-42)57-61-55(39-16-6-5-7-17-39)60-56(62-57)40-27-25-38(26-28-40)44-24-14-18-37-15-8-9-19-43(37)44/h5-32,35-36H,33-34H2,1-4H3. The maximum atomic E-state index is 5.17. The van der Waals surface area contributed by atoms with Gasteiger partial charge in [0.05, 0.1) is 11.0 Å². The minimum Gasteiger partial charge on any atom is -0.309 e. The SMILES string of the molecule is CC1(C)CCC(C)(C)c2cc3c(cc21)c1c2ccccc2c2ccccc2c1n3-c1ccc(-c2nc(-c3ccccc3)nc(-c3ccc(-c4cccc5ccccc45)cc3)n2)cc1. The molecule has 0 fully saturated rings. The van der Waals surface area contributed by atoms with Crippen molar-refractivity contribution in [3.63, 3.8) is 0 Å². The monoisotopic (exact) mass is 810 g/mol. The van der Waals surface area contributed by atoms with E-state index in [1.165, 1.54) is 77.2 Å². The summed E-state index contributed by atoms with van der Waals surface area (Å²) in [5.41, 5.74) is 11.9. The molecule has 1 aliphatic rings. The van der Waals surface area contributed by atoms with Crippen molar-refractivity contribution >= 4 is 54.1 Å². The Labute approximate surface area is 367 Å². The van der Waals surface area contributed by atoms with Gasteiger partial charge in [-0.3, -0.25) is 0 Å². The molecule has 0 saturated heterocycles. The van der Waals surface area contributed by atoms with Crippen LogP contribution in [0.25, 0.3) is 105 Å². The summed E-state index contributed by atoms with van der Waals surface area (Å²) >= 11 is 0. The van der Waals surface area contributed by atoms with E-state index >= 15 is 0 Å². The molecular weight excluding hydrogens is 765 g/mol. The summed E-state index contributed by atoms with van der Waals surface area (Å²) in [5, 5.41) is 10.2. The van der Waals surface area contributed by atoms with E-state index in [-0.39, 0.29) is 10.8 Å². The van der Waals surface area contributed by atoms with Crippen molar-refractivity contribution in [1.82, 2.24) is 19.5 Å². The summed E-state index contributed by atoms with van der Waals surface area (Å²) in [6, 6.07) is 65.6. The normalized spacial score (nSPS) is 14.5. The highest BCUT2D eigenvalue weighted by Gasteiger charge is 2.38. The molecule has 12 rings (SSSR count). The lowest BCUT2D eigenvalue weighted by Crippen LogP contribution is -2.33. The average Bonchev–Trinajstić information content (AvgIpc) is 3.68. The van der Waals surface area contributed by atoms with Crippen molar-refractivity contribution < 1.29 is 0 Å². The summed E-state index contributed by atoms with van der Waals surface area (Å²) in [6.45, 7) is 9.70. The molecule has 0 amide bonds. The van der Waals surface area contributed by atoms with Crippen LogP contribution in [-0.4, -0.2) is 19.5 Å². The minimum absolute atomic E-state index is 0.0669. The Morgan fingerprint density at radius 1 is 0.397 bits per heavy atom. The largest absolute Gasteiger partial charge is 0.309 e. The van der Waals surface area contributed by atoms with E-state index in [4.69, 9.17) is 15.0 Å². The van der Waals surface area contributed by atoms with Gasteiger partial charge in [-0.05, 0) is 109 Å². The van der Waals surface area contributed by atoms with Gasteiger partial charge >= 0.3 is 0 Å². The molecule has 2 heterocycles. The number of hydrogen-bond acceptors (Lipinski definition) is 3. The molecule has 302 valence electrons. The first-order valence-corrected chi connectivity index (χ1v) is 22.2. The number of nitrogens with zero attached hydrogens (tertiary/aromatic N) is 4. The molecule has 2 aromatic heterocycles. The second-order valence-electron chi connectivity index (χ2n) is 18.7. The predicted molar refractivity (Wildman–Crippen MR) is 264 cm³/mol. The second-order valence-corrected chi connectivity index (χ2v) is 18.7. The van der Waals surface area contributed by atoms with Crippen molar-refractivity contribution in [2.45, 2.75) is 51.4 Å². The molecule has 63 heavy (non-hydrogen) atoms. The van der Waals surface area contributed by atoms with Gasteiger partial charge in [0.25, 0.3) is 0 Å². The lowest BCUT2D eigenvalue weighted by Gasteiger charge is -2.42. The van der Waals surface area contributed by atoms with E-state index < -0.39 is 0 Å². The first-order chi connectivity index (χ1) is 30.7. The van der Waals surface area contributed by atoms with Crippen LogP contribution < -0.4 is 0 Å². The Morgan fingerprint density at radius 2 is 0.873 bits per heavy atom. The van der Waals surface area contributed by atoms with Gasteiger partial charge in [0.2, 0.25) is 0 Å². The summed E-state index contributed by atoms with van der Waals surface area (Å²) in [6.07, 6.45) is 2.33. The van der Waals surface area contributed by atoms with E-state index in [2.05, 4.69) is 196 Å². The lowest BCUT2D eigenvalue weighted by molar-refractivity contribution is 0.332. The van der Waals surface area contributed by atoms with Crippen molar-refractivity contribution in [3.05, 3.63) is 193 Å². The van der Waals surface area contributed by atoms with E-state index in [1.54, 1.807) is 0 Å². The lowest BCUT2D eigenvalue weighted by atomic mass is 9.63. The van der Waals surface area contributed by atoms with E-state index in [0.717, 1.165) is 34.4 Å². The zero-order valence-corrected chi connectivity index (χ0v) is 36.0. The maximum Gasteiger partial charge on any atom is 0.164 e. The average molecular weight is 811 g/mol. The van der Waals surface area contributed by atoms with Crippen LogP contribution in [0.1, 0.15) is 51.7 Å². The highest BCUT2D eigenvalue weighted by molar-refractivity contribution is 6.32. The van der Waals surface area contributed by atoms with E-state index in [9.17, 15) is 0 Å². The smallest absolute Gasteiger partial charge is 0.164 e. The van der Waals surface area contributed by atoms with Gasteiger partial charge in [-0.15, -0.1) is 0 Å². The Kier molecular flexibility index (Phi) is 8.33. The van der Waals surface area contributed by atoms with Crippen molar-refractivity contribution in [3.8, 4) is 51.0 Å². The molecule has 0 N–H and O–H groups in total. The van der Waals surface area contributed by atoms with Crippen molar-refractivity contribution in [2.75, 3.05) is 0 Å². The Hall–Kier alpha value is -7.43. The molecular formula is C59H46N4. The highest BCUT2D eigenvalue weighted by atomic mass is 15.0. The quantitative estimate of drug-likeness (QED) is 0.163. The Bertz CT molecular complexity index is 3590. The minimum atomic E-state index is 0.0669. The molecule has 11 aromatic rings. The van der Waals surface area contributed by atoms with Crippen LogP contribution in [-0.2, 0) is 10.8 Å². The van der Waals surface area contributed by atoms with Gasteiger partial charge in [0.1, 0.15) is 0 Å². The molecule has 0 aliphatic heterocycles. The summed E-state index contributed by atoms with van der Waals surface area (Å²) < 4.78 is 2.52.